The van der Waals surface area contributed by atoms with E-state index in [-0.39, 0.29) is 0 Å². The van der Waals surface area contributed by atoms with Gasteiger partial charge in [-0.1, -0.05) is 18.2 Å². The molecule has 0 spiro atoms. The summed E-state index contributed by atoms with van der Waals surface area (Å²) in [5.74, 6) is 0. The zero-order chi connectivity index (χ0) is 6.10. The summed E-state index contributed by atoms with van der Waals surface area (Å²) >= 11 is 0. The normalized spacial score (nSPS) is 10.2. The van der Waals surface area contributed by atoms with Gasteiger partial charge in [-0.3, -0.25) is 5.10 Å². The smallest absolute Gasteiger partial charge is 0.0551 e. The van der Waals surface area contributed by atoms with Gasteiger partial charge in [-0.25, -0.2) is 0 Å². The Bertz CT molecular complexity index is 247. The number of aromatic nitrogens is 2. The highest BCUT2D eigenvalue weighted by Gasteiger charge is 1.96. The Morgan fingerprint density at radius 3 is 3.00 bits per heavy atom. The number of H-pyrrole nitrogens is 1. The first-order chi connectivity index (χ1) is 4.47. The van der Waals surface area contributed by atoms with Crippen LogP contribution in [0, 0.1) is 0 Å². The summed E-state index contributed by atoms with van der Waals surface area (Å²) in [6.07, 6.45) is 3.70. The molecule has 0 amide bonds. The lowest BCUT2D eigenvalue weighted by Gasteiger charge is -1.92. The van der Waals surface area contributed by atoms with E-state index >= 15 is 0 Å². The number of hydrogen-bond donors (Lipinski definition) is 1. The van der Waals surface area contributed by atoms with Crippen molar-refractivity contribution in [3.05, 3.63) is 30.6 Å². The van der Waals surface area contributed by atoms with Crippen molar-refractivity contribution in [1.82, 2.24) is 10.2 Å². The molecule has 9 heavy (non-hydrogen) atoms. The second kappa shape index (κ2) is 1.58. The third kappa shape index (κ3) is 0.598. The van der Waals surface area contributed by atoms with Crippen molar-refractivity contribution in [3.8, 4) is 11.1 Å². The first kappa shape index (κ1) is 4.56. The van der Waals surface area contributed by atoms with Crippen molar-refractivity contribution in [2.45, 2.75) is 0 Å². The summed E-state index contributed by atoms with van der Waals surface area (Å²) < 4.78 is 0. The second-order valence-corrected chi connectivity index (χ2v) is 1.97. The standard InChI is InChI=1S/C7H6N2/c1-2-6-4-8-9-5-7(6)3-1/h1-5,8H. The first-order valence-electron chi connectivity index (χ1n) is 2.84. The molecular formula is C7H6N2. The highest BCUT2D eigenvalue weighted by atomic mass is 15.1. The summed E-state index contributed by atoms with van der Waals surface area (Å²) in [6, 6.07) is 6.10. The van der Waals surface area contributed by atoms with E-state index in [0.717, 1.165) is 0 Å². The van der Waals surface area contributed by atoms with Crippen LogP contribution in [-0.2, 0) is 0 Å². The number of rotatable bonds is 0. The largest absolute Gasteiger partial charge is 0.285 e. The Morgan fingerprint density at radius 1 is 1.22 bits per heavy atom. The lowest BCUT2D eigenvalue weighted by atomic mass is 10.2. The van der Waals surface area contributed by atoms with E-state index in [9.17, 15) is 0 Å². The topological polar surface area (TPSA) is 28.7 Å². The van der Waals surface area contributed by atoms with Crippen LogP contribution in [0.15, 0.2) is 30.6 Å². The molecule has 0 saturated carbocycles. The van der Waals surface area contributed by atoms with Crippen molar-refractivity contribution >= 4 is 0 Å². The van der Waals surface area contributed by atoms with Crippen molar-refractivity contribution < 1.29 is 0 Å². The molecule has 0 bridgehead atoms. The molecule has 2 nitrogen and oxygen atoms in total. The minimum Gasteiger partial charge on any atom is -0.285 e. The maximum Gasteiger partial charge on any atom is 0.0551 e. The summed E-state index contributed by atoms with van der Waals surface area (Å²) in [7, 11) is 0. The third-order valence-electron chi connectivity index (χ3n) is 1.38. The summed E-state index contributed by atoms with van der Waals surface area (Å²) in [5, 5.41) is 6.63. The lowest BCUT2D eigenvalue weighted by molar-refractivity contribution is 1.03. The fourth-order valence-electron chi connectivity index (χ4n) is 0.911. The van der Waals surface area contributed by atoms with Gasteiger partial charge in [0.15, 0.2) is 0 Å². The van der Waals surface area contributed by atoms with Crippen LogP contribution in [-0.4, -0.2) is 10.2 Å². The molecule has 0 fully saturated rings. The van der Waals surface area contributed by atoms with Crippen LogP contribution in [0.4, 0.5) is 0 Å². The van der Waals surface area contributed by atoms with Crippen LogP contribution >= 0.6 is 0 Å². The molecule has 1 N–H and O–H groups in total. The average molecular weight is 118 g/mol. The SMILES string of the molecule is c1cc2cn[nH]cc-2c1. The van der Waals surface area contributed by atoms with Crippen LogP contribution in [0.5, 0.6) is 0 Å². The van der Waals surface area contributed by atoms with Crippen LogP contribution in [0.1, 0.15) is 0 Å². The molecule has 1 aliphatic heterocycles. The van der Waals surface area contributed by atoms with Crippen molar-refractivity contribution in [1.29, 1.82) is 0 Å². The molecule has 44 valence electrons. The van der Waals surface area contributed by atoms with Crippen molar-refractivity contribution in [2.75, 3.05) is 0 Å². The van der Waals surface area contributed by atoms with E-state index in [4.69, 9.17) is 0 Å². The monoisotopic (exact) mass is 118 g/mol. The zero-order valence-electron chi connectivity index (χ0n) is 4.83. The summed E-state index contributed by atoms with van der Waals surface area (Å²) in [4.78, 5) is 0. The third-order valence-corrected chi connectivity index (χ3v) is 1.38. The molecule has 2 rings (SSSR count). The van der Waals surface area contributed by atoms with Gasteiger partial charge in [0, 0.05) is 17.3 Å². The summed E-state index contributed by atoms with van der Waals surface area (Å²) in [5.41, 5.74) is 2.40. The molecule has 0 atom stereocenters. The van der Waals surface area contributed by atoms with Gasteiger partial charge in [0.1, 0.15) is 0 Å². The molecule has 0 aromatic rings. The number of nitrogens with one attached hydrogen (secondary N) is 1. The van der Waals surface area contributed by atoms with E-state index in [1.54, 1.807) is 0 Å². The van der Waals surface area contributed by atoms with E-state index in [0.29, 0.717) is 0 Å². The van der Waals surface area contributed by atoms with Crippen LogP contribution < -0.4 is 0 Å². The van der Waals surface area contributed by atoms with Crippen molar-refractivity contribution in [3.63, 3.8) is 0 Å². The Hall–Kier alpha value is -1.31. The van der Waals surface area contributed by atoms with Gasteiger partial charge < -0.3 is 0 Å². The molecule has 0 aromatic heterocycles. The Labute approximate surface area is 52.9 Å². The lowest BCUT2D eigenvalue weighted by Crippen LogP contribution is -1.79. The highest BCUT2D eigenvalue weighted by Crippen LogP contribution is 2.18. The number of hydrogen-bond acceptors (Lipinski definition) is 1. The van der Waals surface area contributed by atoms with E-state index in [2.05, 4.69) is 10.2 Å². The summed E-state index contributed by atoms with van der Waals surface area (Å²) in [6.45, 7) is 0. The molecule has 1 aliphatic carbocycles. The predicted molar refractivity (Wildman–Crippen MR) is 35.2 cm³/mol. The average Bonchev–Trinajstić information content (AvgIpc) is 2.33. The fourth-order valence-corrected chi connectivity index (χ4v) is 0.911. The molecule has 0 unspecified atom stereocenters. The van der Waals surface area contributed by atoms with Gasteiger partial charge in [-0.05, 0) is 0 Å². The minimum absolute atomic E-state index is 1.19. The molecule has 2 heteroatoms. The minimum atomic E-state index is 1.19. The van der Waals surface area contributed by atoms with Crippen LogP contribution in [0.25, 0.3) is 11.1 Å². The Balaban J connectivity index is 2.79. The second-order valence-electron chi connectivity index (χ2n) is 1.97. The predicted octanol–water partition coefficient (Wildman–Crippen LogP) is 1.51. The van der Waals surface area contributed by atoms with E-state index < -0.39 is 0 Å². The van der Waals surface area contributed by atoms with Crippen molar-refractivity contribution in [2.24, 2.45) is 0 Å². The molecular weight excluding hydrogens is 112 g/mol. The van der Waals surface area contributed by atoms with Gasteiger partial charge in [-0.2, -0.15) is 5.10 Å². The van der Waals surface area contributed by atoms with E-state index in [1.807, 2.05) is 30.6 Å². The zero-order valence-corrected chi connectivity index (χ0v) is 4.83. The van der Waals surface area contributed by atoms with Gasteiger partial charge >= 0.3 is 0 Å². The maximum atomic E-state index is 3.86. The van der Waals surface area contributed by atoms with Crippen LogP contribution in [0.2, 0.25) is 0 Å². The molecule has 1 heterocycles. The number of aromatic amines is 1. The van der Waals surface area contributed by atoms with Gasteiger partial charge in [0.2, 0.25) is 0 Å². The van der Waals surface area contributed by atoms with Gasteiger partial charge in [0.25, 0.3) is 0 Å². The first-order valence-corrected chi connectivity index (χ1v) is 2.84. The molecule has 0 aromatic carbocycles. The molecule has 2 aliphatic rings. The fraction of sp³-hybridized carbons (Fsp3) is 0. The van der Waals surface area contributed by atoms with Gasteiger partial charge in [-0.15, -0.1) is 0 Å². The van der Waals surface area contributed by atoms with E-state index in [1.165, 1.54) is 11.1 Å². The van der Waals surface area contributed by atoms with Crippen LogP contribution in [0.3, 0.4) is 0 Å². The molecule has 0 radical (unpaired) electrons. The Kier molecular flexibility index (Phi) is 0.803. The number of nitrogens with zero attached hydrogens (tertiary/aromatic N) is 1. The number of fused-ring (bicyclic) bond motifs is 1. The highest BCUT2D eigenvalue weighted by molar-refractivity contribution is 5.63. The maximum absolute atomic E-state index is 3.86. The quantitative estimate of drug-likeness (QED) is 0.558. The molecule has 0 saturated heterocycles. The Morgan fingerprint density at radius 2 is 2.11 bits per heavy atom. The van der Waals surface area contributed by atoms with Gasteiger partial charge in [0.05, 0.1) is 6.20 Å².